The van der Waals surface area contributed by atoms with Crippen LogP contribution in [0.1, 0.15) is 18.1 Å². The molecule has 127 valence electrons. The van der Waals surface area contributed by atoms with E-state index in [1.54, 1.807) is 25.3 Å². The third kappa shape index (κ3) is 5.28. The Balaban J connectivity index is 1.80. The van der Waals surface area contributed by atoms with Crippen LogP contribution in [-0.4, -0.2) is 31.2 Å². The lowest BCUT2D eigenvalue weighted by Crippen LogP contribution is -2.29. The van der Waals surface area contributed by atoms with Crippen molar-refractivity contribution in [2.24, 2.45) is 0 Å². The molecule has 0 spiro atoms. The number of benzene rings is 2. The lowest BCUT2D eigenvalue weighted by molar-refractivity contribution is -0.105. The molecule has 24 heavy (non-hydrogen) atoms. The van der Waals surface area contributed by atoms with Crippen molar-refractivity contribution in [3.05, 3.63) is 60.0 Å². The molecular formula is C19H23N2O3. The van der Waals surface area contributed by atoms with Gasteiger partial charge in [0.2, 0.25) is 6.41 Å². The number of rotatable bonds is 9. The largest absolute Gasteiger partial charge is 0.506 e. The zero-order valence-electron chi connectivity index (χ0n) is 14.0. The minimum Gasteiger partial charge on any atom is -0.506 e. The van der Waals surface area contributed by atoms with Crippen LogP contribution in [0.3, 0.4) is 0 Å². The highest BCUT2D eigenvalue weighted by Gasteiger charge is 2.05. The monoisotopic (exact) mass is 327 g/mol. The molecule has 1 amide bonds. The highest BCUT2D eigenvalue weighted by molar-refractivity contribution is 5.75. The summed E-state index contributed by atoms with van der Waals surface area (Å²) in [5.41, 5.74) is 2.59. The number of nitrogens with one attached hydrogen (secondary N) is 2. The van der Waals surface area contributed by atoms with Gasteiger partial charge in [0.05, 0.1) is 12.8 Å². The molecule has 0 aromatic heterocycles. The molecule has 0 aliphatic rings. The van der Waals surface area contributed by atoms with Gasteiger partial charge >= 0.3 is 0 Å². The van der Waals surface area contributed by atoms with Gasteiger partial charge in [0.25, 0.3) is 0 Å². The number of methoxy groups -OCH3 is 1. The van der Waals surface area contributed by atoms with Crippen molar-refractivity contribution in [1.29, 1.82) is 0 Å². The maximum atomic E-state index is 10.5. The summed E-state index contributed by atoms with van der Waals surface area (Å²) in [6.07, 6.45) is 3.49. The second-order valence-electron chi connectivity index (χ2n) is 5.60. The zero-order chi connectivity index (χ0) is 17.4. The van der Waals surface area contributed by atoms with Crippen LogP contribution in [0.25, 0.3) is 0 Å². The Morgan fingerprint density at radius 2 is 1.96 bits per heavy atom. The second kappa shape index (κ2) is 8.93. The number of hydrogen-bond donors (Lipinski definition) is 3. The van der Waals surface area contributed by atoms with E-state index in [0.717, 1.165) is 17.7 Å². The van der Waals surface area contributed by atoms with Crippen molar-refractivity contribution in [2.75, 3.05) is 19.0 Å². The molecule has 2 rings (SSSR count). The van der Waals surface area contributed by atoms with E-state index in [1.165, 1.54) is 5.56 Å². The maximum absolute atomic E-state index is 10.5. The minimum atomic E-state index is 0.0556. The molecule has 0 bridgehead atoms. The molecule has 1 atom stereocenters. The van der Waals surface area contributed by atoms with Gasteiger partial charge in [-0.15, -0.1) is 0 Å². The summed E-state index contributed by atoms with van der Waals surface area (Å²) in [4.78, 5) is 10.5. The normalized spacial score (nSPS) is 11.8. The molecule has 1 unspecified atom stereocenters. The van der Waals surface area contributed by atoms with Crippen molar-refractivity contribution in [2.45, 2.75) is 19.4 Å². The minimum absolute atomic E-state index is 0.0556. The van der Waals surface area contributed by atoms with E-state index in [-0.39, 0.29) is 5.75 Å². The summed E-state index contributed by atoms with van der Waals surface area (Å²) in [6.45, 7) is 2.83. The quantitative estimate of drug-likeness (QED) is 0.489. The van der Waals surface area contributed by atoms with Gasteiger partial charge in [-0.1, -0.05) is 18.2 Å². The van der Waals surface area contributed by atoms with Gasteiger partial charge in [-0.25, -0.2) is 0 Å². The summed E-state index contributed by atoms with van der Waals surface area (Å²) >= 11 is 0. The summed E-state index contributed by atoms with van der Waals surface area (Å²) in [5, 5.41) is 15.5. The topological polar surface area (TPSA) is 70.6 Å². The van der Waals surface area contributed by atoms with Gasteiger partial charge < -0.3 is 20.5 Å². The van der Waals surface area contributed by atoms with E-state index in [2.05, 4.69) is 29.7 Å². The summed E-state index contributed by atoms with van der Waals surface area (Å²) < 4.78 is 5.16. The molecule has 0 aliphatic carbocycles. The number of ether oxygens (including phenoxy) is 1. The first-order chi connectivity index (χ1) is 11.6. The van der Waals surface area contributed by atoms with E-state index >= 15 is 0 Å². The van der Waals surface area contributed by atoms with Gasteiger partial charge in [0.15, 0.2) is 0 Å². The Morgan fingerprint density at radius 3 is 2.62 bits per heavy atom. The van der Waals surface area contributed by atoms with Gasteiger partial charge in [-0.3, -0.25) is 4.79 Å². The van der Waals surface area contributed by atoms with Gasteiger partial charge in [0.1, 0.15) is 11.5 Å². The average molecular weight is 327 g/mol. The van der Waals surface area contributed by atoms with Crippen molar-refractivity contribution in [3.63, 3.8) is 0 Å². The van der Waals surface area contributed by atoms with Crippen molar-refractivity contribution in [3.8, 4) is 11.5 Å². The third-order valence-electron chi connectivity index (χ3n) is 3.74. The number of anilines is 1. The van der Waals surface area contributed by atoms with Crippen LogP contribution in [0, 0.1) is 6.42 Å². The van der Waals surface area contributed by atoms with Crippen molar-refractivity contribution in [1.82, 2.24) is 5.32 Å². The van der Waals surface area contributed by atoms with E-state index in [1.807, 2.05) is 18.6 Å². The molecule has 1 radical (unpaired) electrons. The molecule has 0 aliphatic heterocycles. The third-order valence-corrected chi connectivity index (χ3v) is 3.74. The summed E-state index contributed by atoms with van der Waals surface area (Å²) in [5.74, 6) is 0.917. The molecule has 0 saturated heterocycles. The fraction of sp³-hybridized carbons (Fsp3) is 0.263. The molecule has 0 saturated carbocycles. The predicted octanol–water partition coefficient (Wildman–Crippen LogP) is 2.74. The van der Waals surface area contributed by atoms with Crippen LogP contribution >= 0.6 is 0 Å². The first-order valence-corrected chi connectivity index (χ1v) is 7.85. The molecular weight excluding hydrogens is 304 g/mol. The van der Waals surface area contributed by atoms with Crippen LogP contribution in [0.15, 0.2) is 42.5 Å². The van der Waals surface area contributed by atoms with E-state index in [0.29, 0.717) is 24.7 Å². The fourth-order valence-electron chi connectivity index (χ4n) is 2.43. The molecule has 5 heteroatoms. The van der Waals surface area contributed by atoms with Crippen LogP contribution in [0.4, 0.5) is 5.69 Å². The van der Waals surface area contributed by atoms with E-state index < -0.39 is 0 Å². The lowest BCUT2D eigenvalue weighted by Gasteiger charge is -2.14. The van der Waals surface area contributed by atoms with Crippen LogP contribution in [0.5, 0.6) is 11.5 Å². The fourth-order valence-corrected chi connectivity index (χ4v) is 2.43. The molecule has 2 aromatic rings. The number of hydrogen-bond acceptors (Lipinski definition) is 4. The maximum Gasteiger partial charge on any atom is 0.211 e. The van der Waals surface area contributed by atoms with E-state index in [9.17, 15) is 9.90 Å². The number of phenolic OH excluding ortho intramolecular Hbond substituents is 1. The van der Waals surface area contributed by atoms with Crippen LogP contribution < -0.4 is 15.4 Å². The number of phenols is 1. The Morgan fingerprint density at radius 1 is 1.21 bits per heavy atom. The summed E-state index contributed by atoms with van der Waals surface area (Å²) in [7, 11) is 1.66. The Hall–Kier alpha value is -2.53. The highest BCUT2D eigenvalue weighted by atomic mass is 16.5. The van der Waals surface area contributed by atoms with Gasteiger partial charge in [-0.2, -0.15) is 0 Å². The van der Waals surface area contributed by atoms with E-state index in [4.69, 9.17) is 4.74 Å². The summed E-state index contributed by atoms with van der Waals surface area (Å²) in [6, 6.07) is 13.5. The SMILES string of the molecule is COc1ccc(CC(C)NC[CH]c2ccc(O)c(NC=O)c2)cc1. The highest BCUT2D eigenvalue weighted by Crippen LogP contribution is 2.24. The molecule has 3 N–H and O–H groups in total. The van der Waals surface area contributed by atoms with Gasteiger partial charge in [0, 0.05) is 19.0 Å². The molecule has 5 nitrogen and oxygen atoms in total. The Kier molecular flexibility index (Phi) is 6.63. The lowest BCUT2D eigenvalue weighted by atomic mass is 10.1. The number of carbonyl (C=O) groups is 1. The number of aromatic hydroxyl groups is 1. The molecule has 2 aromatic carbocycles. The van der Waals surface area contributed by atoms with Gasteiger partial charge in [-0.05, 0) is 48.7 Å². The van der Waals surface area contributed by atoms with Crippen LogP contribution in [0.2, 0.25) is 0 Å². The Bertz CT molecular complexity index is 656. The Labute approximate surface area is 142 Å². The zero-order valence-corrected chi connectivity index (χ0v) is 14.0. The molecule has 0 heterocycles. The van der Waals surface area contributed by atoms with Crippen molar-refractivity contribution >= 4 is 12.1 Å². The smallest absolute Gasteiger partial charge is 0.211 e. The average Bonchev–Trinajstić information content (AvgIpc) is 2.58. The first-order valence-electron chi connectivity index (χ1n) is 7.85. The number of amides is 1. The van der Waals surface area contributed by atoms with Crippen LogP contribution in [-0.2, 0) is 11.2 Å². The standard InChI is InChI=1S/C19H23N2O3/c1-14(11-15-3-6-17(24-2)7-4-15)20-10-9-16-5-8-19(23)18(12-16)21-13-22/h3-9,12-14,20,23H,10-11H2,1-2H3,(H,21,22). The molecule has 0 fully saturated rings. The van der Waals surface area contributed by atoms with Crippen molar-refractivity contribution < 1.29 is 14.6 Å². The first kappa shape index (κ1) is 17.8. The number of carbonyl (C=O) groups excluding carboxylic acids is 1. The predicted molar refractivity (Wildman–Crippen MR) is 95.4 cm³/mol. The second-order valence-corrected chi connectivity index (χ2v) is 5.60.